The summed E-state index contributed by atoms with van der Waals surface area (Å²) in [5, 5.41) is 24.3. The number of aromatic amines is 1. The molecule has 0 aliphatic carbocycles. The zero-order valence-corrected chi connectivity index (χ0v) is 8.54. The van der Waals surface area contributed by atoms with Gasteiger partial charge in [-0.25, -0.2) is 9.59 Å². The highest BCUT2D eigenvalue weighted by molar-refractivity contribution is 6.06. The number of rotatable bonds is 3. The Morgan fingerprint density at radius 1 is 1.18 bits per heavy atom. The minimum Gasteiger partial charge on any atom is -0.478 e. The van der Waals surface area contributed by atoms with Gasteiger partial charge in [0, 0.05) is 17.3 Å². The molecule has 6 heteroatoms. The number of H-pyrrole nitrogens is 1. The van der Waals surface area contributed by atoms with Crippen molar-refractivity contribution in [2.45, 2.75) is 0 Å². The van der Waals surface area contributed by atoms with E-state index in [0.29, 0.717) is 11.1 Å². The summed E-state index contributed by atoms with van der Waals surface area (Å²) in [6.45, 7) is 0. The van der Waals surface area contributed by atoms with Gasteiger partial charge in [0.2, 0.25) is 0 Å². The van der Waals surface area contributed by atoms with E-state index >= 15 is 0 Å². The van der Waals surface area contributed by atoms with E-state index in [1.54, 1.807) is 6.07 Å². The van der Waals surface area contributed by atoms with Crippen LogP contribution in [0.3, 0.4) is 0 Å². The van der Waals surface area contributed by atoms with E-state index in [0.717, 1.165) is 0 Å². The number of hydrogen-bond donors (Lipinski definition) is 3. The molecular weight excluding hydrogens is 224 g/mol. The SMILES string of the molecule is O=C(O)c1cccc(-c2cn[nH]c2)c1C(=O)O. The number of carboxylic acid groups (broad SMARTS) is 2. The molecule has 1 aromatic carbocycles. The summed E-state index contributed by atoms with van der Waals surface area (Å²) in [6.07, 6.45) is 2.95. The molecule has 0 spiro atoms. The van der Waals surface area contributed by atoms with Gasteiger partial charge < -0.3 is 10.2 Å². The molecule has 0 radical (unpaired) electrons. The van der Waals surface area contributed by atoms with Crippen molar-refractivity contribution in [1.29, 1.82) is 0 Å². The largest absolute Gasteiger partial charge is 0.478 e. The van der Waals surface area contributed by atoms with Gasteiger partial charge in [-0.1, -0.05) is 12.1 Å². The molecule has 3 N–H and O–H groups in total. The lowest BCUT2D eigenvalue weighted by Crippen LogP contribution is -2.09. The molecule has 1 heterocycles. The second-order valence-electron chi connectivity index (χ2n) is 3.33. The highest BCUT2D eigenvalue weighted by Crippen LogP contribution is 2.25. The van der Waals surface area contributed by atoms with Crippen molar-refractivity contribution in [3.8, 4) is 11.1 Å². The Bertz CT molecular complexity index is 575. The van der Waals surface area contributed by atoms with Gasteiger partial charge in [-0.3, -0.25) is 5.10 Å². The molecule has 2 rings (SSSR count). The first-order chi connectivity index (χ1) is 8.11. The number of aromatic nitrogens is 2. The summed E-state index contributed by atoms with van der Waals surface area (Å²) < 4.78 is 0. The first-order valence-electron chi connectivity index (χ1n) is 4.70. The predicted octanol–water partition coefficient (Wildman–Crippen LogP) is 1.47. The molecule has 17 heavy (non-hydrogen) atoms. The van der Waals surface area contributed by atoms with E-state index in [-0.39, 0.29) is 11.1 Å². The number of aromatic carboxylic acids is 2. The Balaban J connectivity index is 2.72. The van der Waals surface area contributed by atoms with Gasteiger partial charge in [0.05, 0.1) is 17.3 Å². The van der Waals surface area contributed by atoms with Gasteiger partial charge >= 0.3 is 11.9 Å². The van der Waals surface area contributed by atoms with Crippen LogP contribution >= 0.6 is 0 Å². The van der Waals surface area contributed by atoms with Gasteiger partial charge in [0.25, 0.3) is 0 Å². The summed E-state index contributed by atoms with van der Waals surface area (Å²) in [5.74, 6) is -2.55. The zero-order valence-electron chi connectivity index (χ0n) is 8.54. The van der Waals surface area contributed by atoms with Crippen molar-refractivity contribution >= 4 is 11.9 Å². The van der Waals surface area contributed by atoms with Crippen molar-refractivity contribution < 1.29 is 19.8 Å². The number of nitrogens with zero attached hydrogens (tertiary/aromatic N) is 1. The molecule has 6 nitrogen and oxygen atoms in total. The lowest BCUT2D eigenvalue weighted by atomic mass is 9.97. The Kier molecular flexibility index (Phi) is 2.61. The Morgan fingerprint density at radius 3 is 2.47 bits per heavy atom. The second kappa shape index (κ2) is 4.09. The third kappa shape index (κ3) is 1.87. The van der Waals surface area contributed by atoms with Crippen molar-refractivity contribution in [1.82, 2.24) is 10.2 Å². The molecule has 0 unspecified atom stereocenters. The van der Waals surface area contributed by atoms with Crippen LogP contribution in [0.2, 0.25) is 0 Å². The first-order valence-corrected chi connectivity index (χ1v) is 4.70. The zero-order chi connectivity index (χ0) is 12.4. The van der Waals surface area contributed by atoms with E-state index in [9.17, 15) is 9.59 Å². The number of nitrogens with one attached hydrogen (secondary N) is 1. The molecule has 0 fully saturated rings. The van der Waals surface area contributed by atoms with Crippen LogP contribution in [0.25, 0.3) is 11.1 Å². The van der Waals surface area contributed by atoms with E-state index in [1.165, 1.54) is 24.5 Å². The molecule has 0 aliphatic heterocycles. The Hall–Kier alpha value is -2.63. The fraction of sp³-hybridized carbons (Fsp3) is 0. The molecule has 0 saturated carbocycles. The number of benzene rings is 1. The van der Waals surface area contributed by atoms with Crippen LogP contribution in [-0.4, -0.2) is 32.3 Å². The lowest BCUT2D eigenvalue weighted by molar-refractivity contribution is 0.0652. The topological polar surface area (TPSA) is 103 Å². The predicted molar refractivity (Wildman–Crippen MR) is 57.9 cm³/mol. The van der Waals surface area contributed by atoms with Crippen LogP contribution in [0.15, 0.2) is 30.6 Å². The van der Waals surface area contributed by atoms with Crippen LogP contribution < -0.4 is 0 Å². The maximum Gasteiger partial charge on any atom is 0.337 e. The van der Waals surface area contributed by atoms with Crippen LogP contribution in [0, 0.1) is 0 Å². The minimum absolute atomic E-state index is 0.235. The molecule has 0 amide bonds. The fourth-order valence-corrected chi connectivity index (χ4v) is 1.60. The molecule has 1 aromatic heterocycles. The van der Waals surface area contributed by atoms with Gasteiger partial charge in [-0.05, 0) is 6.07 Å². The number of carbonyl (C=O) groups is 2. The third-order valence-corrected chi connectivity index (χ3v) is 2.32. The summed E-state index contributed by atoms with van der Waals surface area (Å²) in [7, 11) is 0. The molecule has 0 saturated heterocycles. The molecule has 0 aliphatic rings. The first kappa shape index (κ1) is 10.9. The summed E-state index contributed by atoms with van der Waals surface area (Å²) in [4.78, 5) is 22.1. The standard InChI is InChI=1S/C11H8N2O4/c14-10(15)8-3-1-2-7(9(8)11(16)17)6-4-12-13-5-6/h1-5H,(H,12,13)(H,14,15)(H,16,17). The van der Waals surface area contributed by atoms with Crippen LogP contribution in [0.4, 0.5) is 0 Å². The maximum atomic E-state index is 11.1. The minimum atomic E-state index is -1.28. The lowest BCUT2D eigenvalue weighted by Gasteiger charge is -2.06. The Morgan fingerprint density at radius 2 is 1.94 bits per heavy atom. The van der Waals surface area contributed by atoms with E-state index in [2.05, 4.69) is 10.2 Å². The normalized spacial score (nSPS) is 10.1. The maximum absolute atomic E-state index is 11.1. The van der Waals surface area contributed by atoms with E-state index in [4.69, 9.17) is 10.2 Å². The van der Waals surface area contributed by atoms with E-state index in [1.807, 2.05) is 0 Å². The van der Waals surface area contributed by atoms with Crippen molar-refractivity contribution in [2.24, 2.45) is 0 Å². The van der Waals surface area contributed by atoms with Gasteiger partial charge in [0.15, 0.2) is 0 Å². The molecule has 0 bridgehead atoms. The van der Waals surface area contributed by atoms with Crippen LogP contribution in [0.5, 0.6) is 0 Å². The van der Waals surface area contributed by atoms with Gasteiger partial charge in [-0.2, -0.15) is 5.10 Å². The van der Waals surface area contributed by atoms with Crippen molar-refractivity contribution in [2.75, 3.05) is 0 Å². The Labute approximate surface area is 95.5 Å². The molecular formula is C11H8N2O4. The number of carboxylic acids is 2. The molecule has 2 aromatic rings. The highest BCUT2D eigenvalue weighted by Gasteiger charge is 2.20. The van der Waals surface area contributed by atoms with Gasteiger partial charge in [0.1, 0.15) is 0 Å². The quantitative estimate of drug-likeness (QED) is 0.743. The third-order valence-electron chi connectivity index (χ3n) is 2.32. The smallest absolute Gasteiger partial charge is 0.337 e. The van der Waals surface area contributed by atoms with E-state index < -0.39 is 11.9 Å². The average Bonchev–Trinajstić information content (AvgIpc) is 2.81. The average molecular weight is 232 g/mol. The fourth-order valence-electron chi connectivity index (χ4n) is 1.60. The molecule has 86 valence electrons. The summed E-state index contributed by atoms with van der Waals surface area (Å²) in [5.41, 5.74) is 0.384. The van der Waals surface area contributed by atoms with Crippen molar-refractivity contribution in [3.05, 3.63) is 41.7 Å². The van der Waals surface area contributed by atoms with Crippen molar-refractivity contribution in [3.63, 3.8) is 0 Å². The summed E-state index contributed by atoms with van der Waals surface area (Å²) >= 11 is 0. The monoisotopic (exact) mass is 232 g/mol. The highest BCUT2D eigenvalue weighted by atomic mass is 16.4. The molecule has 0 atom stereocenters. The van der Waals surface area contributed by atoms with Crippen LogP contribution in [-0.2, 0) is 0 Å². The second-order valence-corrected chi connectivity index (χ2v) is 3.33. The van der Waals surface area contributed by atoms with Gasteiger partial charge in [-0.15, -0.1) is 0 Å². The number of hydrogen-bond acceptors (Lipinski definition) is 3. The van der Waals surface area contributed by atoms with Crippen LogP contribution in [0.1, 0.15) is 20.7 Å². The summed E-state index contributed by atoms with van der Waals surface area (Å²) in [6, 6.07) is 4.30.